The average molecular weight is 226 g/mol. The first-order chi connectivity index (χ1) is 7.81. The highest BCUT2D eigenvalue weighted by Gasteiger charge is 2.32. The van der Waals surface area contributed by atoms with Crippen LogP contribution >= 0.6 is 0 Å². The Kier molecular flexibility index (Phi) is 4.62. The lowest BCUT2D eigenvalue weighted by atomic mass is 9.74. The third-order valence-electron chi connectivity index (χ3n) is 4.29. The van der Waals surface area contributed by atoms with Crippen molar-refractivity contribution in [1.82, 2.24) is 5.43 Å². The van der Waals surface area contributed by atoms with Gasteiger partial charge in [-0.1, -0.05) is 19.3 Å². The fraction of sp³-hybridized carbons (Fsp3) is 1.00. The molecule has 94 valence electrons. The van der Waals surface area contributed by atoms with Gasteiger partial charge in [-0.05, 0) is 44.4 Å². The number of nitrogens with two attached hydrogens (primary N) is 1. The first kappa shape index (κ1) is 12.3. The Labute approximate surface area is 99.1 Å². The molecule has 0 spiro atoms. The third-order valence-corrected chi connectivity index (χ3v) is 4.29. The van der Waals surface area contributed by atoms with E-state index in [1.165, 1.54) is 44.9 Å². The van der Waals surface area contributed by atoms with Crippen LogP contribution in [0.3, 0.4) is 0 Å². The van der Waals surface area contributed by atoms with Crippen LogP contribution in [0.2, 0.25) is 0 Å². The van der Waals surface area contributed by atoms with Gasteiger partial charge in [0.2, 0.25) is 0 Å². The third kappa shape index (κ3) is 3.19. The van der Waals surface area contributed by atoms with E-state index in [0.717, 1.165) is 18.4 Å². The molecule has 0 heterocycles. The molecule has 3 nitrogen and oxygen atoms in total. The van der Waals surface area contributed by atoms with Crippen molar-refractivity contribution in [2.45, 2.75) is 64.0 Å². The van der Waals surface area contributed by atoms with Gasteiger partial charge in [-0.25, -0.2) is 0 Å². The van der Waals surface area contributed by atoms with Gasteiger partial charge in [0.15, 0.2) is 0 Å². The summed E-state index contributed by atoms with van der Waals surface area (Å²) in [6.07, 6.45) is 9.83. The SMILES string of the molecule is CCOC1CC(CC(CC2CCC2)NN)C1. The van der Waals surface area contributed by atoms with Crippen molar-refractivity contribution in [3.8, 4) is 0 Å². The zero-order chi connectivity index (χ0) is 11.4. The normalized spacial score (nSPS) is 31.9. The van der Waals surface area contributed by atoms with E-state index in [1.54, 1.807) is 0 Å². The summed E-state index contributed by atoms with van der Waals surface area (Å²) in [4.78, 5) is 0. The Hall–Kier alpha value is -0.120. The number of ether oxygens (including phenoxy) is 1. The lowest BCUT2D eigenvalue weighted by molar-refractivity contribution is -0.0299. The van der Waals surface area contributed by atoms with E-state index in [0.29, 0.717) is 12.1 Å². The van der Waals surface area contributed by atoms with Gasteiger partial charge in [-0.15, -0.1) is 0 Å². The van der Waals surface area contributed by atoms with Crippen LogP contribution in [-0.2, 0) is 4.74 Å². The van der Waals surface area contributed by atoms with Crippen LogP contribution in [0.5, 0.6) is 0 Å². The molecule has 2 aliphatic carbocycles. The molecule has 0 aromatic carbocycles. The minimum absolute atomic E-state index is 0.539. The fourth-order valence-corrected chi connectivity index (χ4v) is 3.00. The molecule has 3 heteroatoms. The molecular formula is C13H26N2O. The molecule has 0 bridgehead atoms. The molecule has 2 aliphatic rings. The van der Waals surface area contributed by atoms with Crippen LogP contribution in [0, 0.1) is 11.8 Å². The highest BCUT2D eigenvalue weighted by Crippen LogP contribution is 2.36. The van der Waals surface area contributed by atoms with E-state index in [9.17, 15) is 0 Å². The van der Waals surface area contributed by atoms with Crippen molar-refractivity contribution in [3.63, 3.8) is 0 Å². The molecule has 0 aromatic heterocycles. The number of nitrogens with one attached hydrogen (secondary N) is 1. The lowest BCUT2D eigenvalue weighted by Crippen LogP contribution is -2.42. The summed E-state index contributed by atoms with van der Waals surface area (Å²) in [6, 6.07) is 0.540. The predicted molar refractivity (Wildman–Crippen MR) is 65.8 cm³/mol. The Balaban J connectivity index is 1.60. The number of rotatable bonds is 7. The summed E-state index contributed by atoms with van der Waals surface area (Å²) in [7, 11) is 0. The minimum atomic E-state index is 0.539. The molecule has 1 unspecified atom stereocenters. The number of hydrogen-bond acceptors (Lipinski definition) is 3. The molecular weight excluding hydrogens is 200 g/mol. The Morgan fingerprint density at radius 2 is 1.94 bits per heavy atom. The van der Waals surface area contributed by atoms with Gasteiger partial charge < -0.3 is 4.74 Å². The summed E-state index contributed by atoms with van der Waals surface area (Å²) in [5.74, 6) is 7.43. The van der Waals surface area contributed by atoms with Crippen LogP contribution in [0.25, 0.3) is 0 Å². The molecule has 1 atom stereocenters. The largest absolute Gasteiger partial charge is 0.378 e. The lowest BCUT2D eigenvalue weighted by Gasteiger charge is -2.38. The summed E-state index contributed by atoms with van der Waals surface area (Å²) in [6.45, 7) is 2.94. The van der Waals surface area contributed by atoms with Gasteiger partial charge in [-0.3, -0.25) is 11.3 Å². The topological polar surface area (TPSA) is 47.3 Å². The fourth-order valence-electron chi connectivity index (χ4n) is 3.00. The van der Waals surface area contributed by atoms with Gasteiger partial charge in [0.05, 0.1) is 6.10 Å². The molecule has 0 amide bonds. The molecule has 2 rings (SSSR count). The summed E-state index contributed by atoms with van der Waals surface area (Å²) < 4.78 is 5.59. The summed E-state index contributed by atoms with van der Waals surface area (Å²) in [5.41, 5.74) is 3.01. The Morgan fingerprint density at radius 1 is 1.25 bits per heavy atom. The first-order valence-corrected chi connectivity index (χ1v) is 6.89. The van der Waals surface area contributed by atoms with E-state index < -0.39 is 0 Å². The average Bonchev–Trinajstić information content (AvgIpc) is 2.17. The van der Waals surface area contributed by atoms with Crippen molar-refractivity contribution >= 4 is 0 Å². The Morgan fingerprint density at radius 3 is 2.44 bits per heavy atom. The van der Waals surface area contributed by atoms with E-state index >= 15 is 0 Å². The van der Waals surface area contributed by atoms with Crippen LogP contribution in [0.15, 0.2) is 0 Å². The highest BCUT2D eigenvalue weighted by molar-refractivity contribution is 4.85. The van der Waals surface area contributed by atoms with Crippen molar-refractivity contribution in [2.75, 3.05) is 6.61 Å². The summed E-state index contributed by atoms with van der Waals surface area (Å²) in [5, 5.41) is 0. The molecule has 2 fully saturated rings. The highest BCUT2D eigenvalue weighted by atomic mass is 16.5. The van der Waals surface area contributed by atoms with E-state index in [2.05, 4.69) is 12.3 Å². The second-order valence-electron chi connectivity index (χ2n) is 5.55. The van der Waals surface area contributed by atoms with Crippen LogP contribution < -0.4 is 11.3 Å². The minimum Gasteiger partial charge on any atom is -0.378 e. The van der Waals surface area contributed by atoms with Crippen LogP contribution in [0.4, 0.5) is 0 Å². The second-order valence-corrected chi connectivity index (χ2v) is 5.55. The van der Waals surface area contributed by atoms with Gasteiger partial charge in [0, 0.05) is 12.6 Å². The van der Waals surface area contributed by atoms with Crippen molar-refractivity contribution in [1.29, 1.82) is 0 Å². The quantitative estimate of drug-likeness (QED) is 0.517. The standard InChI is InChI=1S/C13H26N2O/c1-2-16-13-8-11(9-13)7-12(15-14)6-10-4-3-5-10/h10-13,15H,2-9,14H2,1H3. The molecule has 0 aromatic rings. The molecule has 2 saturated carbocycles. The molecule has 0 saturated heterocycles. The first-order valence-electron chi connectivity index (χ1n) is 6.89. The van der Waals surface area contributed by atoms with Crippen molar-refractivity contribution in [2.24, 2.45) is 17.7 Å². The van der Waals surface area contributed by atoms with E-state index in [1.807, 2.05) is 0 Å². The summed E-state index contributed by atoms with van der Waals surface area (Å²) >= 11 is 0. The van der Waals surface area contributed by atoms with Gasteiger partial charge in [-0.2, -0.15) is 0 Å². The van der Waals surface area contributed by atoms with Gasteiger partial charge in [0.1, 0.15) is 0 Å². The molecule has 0 aliphatic heterocycles. The Bertz CT molecular complexity index is 200. The van der Waals surface area contributed by atoms with E-state index in [4.69, 9.17) is 10.6 Å². The van der Waals surface area contributed by atoms with Gasteiger partial charge >= 0.3 is 0 Å². The monoisotopic (exact) mass is 226 g/mol. The maximum atomic E-state index is 5.64. The predicted octanol–water partition coefficient (Wildman–Crippen LogP) is 2.21. The molecule has 16 heavy (non-hydrogen) atoms. The van der Waals surface area contributed by atoms with E-state index in [-0.39, 0.29) is 0 Å². The smallest absolute Gasteiger partial charge is 0.0580 e. The van der Waals surface area contributed by atoms with Gasteiger partial charge in [0.25, 0.3) is 0 Å². The van der Waals surface area contributed by atoms with Crippen molar-refractivity contribution < 1.29 is 4.74 Å². The second kappa shape index (κ2) is 5.99. The van der Waals surface area contributed by atoms with Crippen molar-refractivity contribution in [3.05, 3.63) is 0 Å². The molecule has 3 N–H and O–H groups in total. The maximum Gasteiger partial charge on any atom is 0.0580 e. The number of hydrogen-bond donors (Lipinski definition) is 2. The zero-order valence-corrected chi connectivity index (χ0v) is 10.5. The van der Waals surface area contributed by atoms with Crippen LogP contribution in [-0.4, -0.2) is 18.8 Å². The zero-order valence-electron chi connectivity index (χ0n) is 10.5. The maximum absolute atomic E-state index is 5.64. The number of hydrazine groups is 1. The molecule has 0 radical (unpaired) electrons. The van der Waals surface area contributed by atoms with Crippen LogP contribution in [0.1, 0.15) is 51.9 Å².